The summed E-state index contributed by atoms with van der Waals surface area (Å²) < 4.78 is 50.9. The summed E-state index contributed by atoms with van der Waals surface area (Å²) in [7, 11) is 0. The molecule has 0 heterocycles. The van der Waals surface area contributed by atoms with Gasteiger partial charge in [0.05, 0.1) is 5.56 Å². The van der Waals surface area contributed by atoms with Gasteiger partial charge in [-0.3, -0.25) is 0 Å². The minimum Gasteiger partial charge on any atom is -0.308 e. The van der Waals surface area contributed by atoms with Gasteiger partial charge in [-0.2, -0.15) is 13.2 Å². The van der Waals surface area contributed by atoms with Crippen LogP contribution < -0.4 is 10.6 Å². The lowest BCUT2D eigenvalue weighted by Gasteiger charge is -2.12. The van der Waals surface area contributed by atoms with Crippen LogP contribution in [0.3, 0.4) is 0 Å². The minimum atomic E-state index is -4.82. The zero-order chi connectivity index (χ0) is 16.3. The van der Waals surface area contributed by atoms with Crippen LogP contribution >= 0.6 is 0 Å². The van der Waals surface area contributed by atoms with Gasteiger partial charge in [0.15, 0.2) is 0 Å². The topological polar surface area (TPSA) is 41.1 Å². The Labute approximate surface area is 124 Å². The summed E-state index contributed by atoms with van der Waals surface area (Å²) >= 11 is 0. The number of carbonyl (C=O) groups excluding carboxylic acids is 1. The predicted octanol–water partition coefficient (Wildman–Crippen LogP) is 4.80. The van der Waals surface area contributed by atoms with E-state index in [1.54, 1.807) is 18.2 Å². The SMILES string of the molecule is Cc1cccc(NC(=O)Nc2ccc(F)c(C(F)(F)F)c2)c1. The van der Waals surface area contributed by atoms with E-state index < -0.39 is 23.6 Å². The molecule has 0 aliphatic carbocycles. The molecular formula is C15H12F4N2O. The first-order valence-corrected chi connectivity index (χ1v) is 6.27. The van der Waals surface area contributed by atoms with E-state index in [0.717, 1.165) is 11.6 Å². The van der Waals surface area contributed by atoms with Gasteiger partial charge in [-0.1, -0.05) is 12.1 Å². The Balaban J connectivity index is 2.12. The summed E-state index contributed by atoms with van der Waals surface area (Å²) in [5.41, 5.74) is -0.172. The smallest absolute Gasteiger partial charge is 0.308 e. The number of rotatable bonds is 2. The number of hydrogen-bond donors (Lipinski definition) is 2. The van der Waals surface area contributed by atoms with E-state index in [4.69, 9.17) is 0 Å². The third-order valence-electron chi connectivity index (χ3n) is 2.81. The standard InChI is InChI=1S/C15H12F4N2O/c1-9-3-2-4-10(7-9)20-14(22)21-11-5-6-13(16)12(8-11)15(17,18)19/h2-8H,1H3,(H2,20,21,22). The molecule has 0 bridgehead atoms. The molecule has 2 aromatic rings. The molecule has 22 heavy (non-hydrogen) atoms. The van der Waals surface area contributed by atoms with Gasteiger partial charge in [-0.25, -0.2) is 9.18 Å². The zero-order valence-corrected chi connectivity index (χ0v) is 11.5. The number of urea groups is 1. The molecule has 0 unspecified atom stereocenters. The van der Waals surface area contributed by atoms with Crippen LogP contribution in [0.2, 0.25) is 0 Å². The first-order valence-electron chi connectivity index (χ1n) is 6.27. The van der Waals surface area contributed by atoms with Crippen LogP contribution in [0.25, 0.3) is 0 Å². The van der Waals surface area contributed by atoms with E-state index in [9.17, 15) is 22.4 Å². The number of aryl methyl sites for hydroxylation is 1. The van der Waals surface area contributed by atoms with Gasteiger partial charge in [0.25, 0.3) is 0 Å². The van der Waals surface area contributed by atoms with Crippen molar-refractivity contribution in [2.24, 2.45) is 0 Å². The van der Waals surface area contributed by atoms with Crippen molar-refractivity contribution in [2.75, 3.05) is 10.6 Å². The molecular weight excluding hydrogens is 300 g/mol. The summed E-state index contributed by atoms with van der Waals surface area (Å²) in [4.78, 5) is 11.7. The van der Waals surface area contributed by atoms with Gasteiger partial charge in [0.1, 0.15) is 5.82 Å². The van der Waals surface area contributed by atoms with Crippen molar-refractivity contribution in [3.63, 3.8) is 0 Å². The van der Waals surface area contributed by atoms with Crippen molar-refractivity contribution in [1.29, 1.82) is 0 Å². The number of nitrogens with one attached hydrogen (secondary N) is 2. The molecule has 0 aromatic heterocycles. The number of amides is 2. The Kier molecular flexibility index (Phi) is 4.35. The number of alkyl halides is 3. The monoisotopic (exact) mass is 312 g/mol. The second kappa shape index (κ2) is 6.05. The maximum Gasteiger partial charge on any atom is 0.419 e. The van der Waals surface area contributed by atoms with Crippen LogP contribution in [0.1, 0.15) is 11.1 Å². The normalized spacial score (nSPS) is 11.1. The number of halogens is 4. The average Bonchev–Trinajstić information content (AvgIpc) is 2.39. The quantitative estimate of drug-likeness (QED) is 0.769. The molecule has 0 spiro atoms. The number of hydrogen-bond acceptors (Lipinski definition) is 1. The molecule has 0 saturated heterocycles. The van der Waals surface area contributed by atoms with Crippen molar-refractivity contribution in [3.8, 4) is 0 Å². The van der Waals surface area contributed by atoms with E-state index in [-0.39, 0.29) is 5.69 Å². The van der Waals surface area contributed by atoms with E-state index in [2.05, 4.69) is 10.6 Å². The molecule has 2 aromatic carbocycles. The van der Waals surface area contributed by atoms with Gasteiger partial charge in [-0.15, -0.1) is 0 Å². The highest BCUT2D eigenvalue weighted by Gasteiger charge is 2.34. The van der Waals surface area contributed by atoms with Gasteiger partial charge >= 0.3 is 12.2 Å². The number of anilines is 2. The highest BCUT2D eigenvalue weighted by Crippen LogP contribution is 2.33. The molecule has 0 aliphatic heterocycles. The first-order chi connectivity index (χ1) is 10.3. The number of carbonyl (C=O) groups is 1. The Morgan fingerprint density at radius 3 is 2.23 bits per heavy atom. The van der Waals surface area contributed by atoms with Gasteiger partial charge in [0, 0.05) is 11.4 Å². The molecule has 116 valence electrons. The van der Waals surface area contributed by atoms with Crippen LogP contribution in [-0.4, -0.2) is 6.03 Å². The molecule has 0 atom stereocenters. The van der Waals surface area contributed by atoms with Crippen LogP contribution in [0, 0.1) is 12.7 Å². The molecule has 2 amide bonds. The highest BCUT2D eigenvalue weighted by molar-refractivity contribution is 5.99. The third-order valence-corrected chi connectivity index (χ3v) is 2.81. The largest absolute Gasteiger partial charge is 0.419 e. The fourth-order valence-corrected chi connectivity index (χ4v) is 1.84. The third kappa shape index (κ3) is 3.97. The predicted molar refractivity (Wildman–Crippen MR) is 75.2 cm³/mol. The van der Waals surface area contributed by atoms with Crippen LogP contribution in [0.4, 0.5) is 33.7 Å². The van der Waals surface area contributed by atoms with E-state index >= 15 is 0 Å². The van der Waals surface area contributed by atoms with Crippen LogP contribution in [0.5, 0.6) is 0 Å². The second-order valence-electron chi connectivity index (χ2n) is 4.64. The molecule has 0 radical (unpaired) electrons. The van der Waals surface area contributed by atoms with Crippen molar-refractivity contribution < 1.29 is 22.4 Å². The zero-order valence-electron chi connectivity index (χ0n) is 11.5. The van der Waals surface area contributed by atoms with Gasteiger partial charge in [0.2, 0.25) is 0 Å². The summed E-state index contributed by atoms with van der Waals surface area (Å²) in [6.07, 6.45) is -4.82. The van der Waals surface area contributed by atoms with E-state index in [1.165, 1.54) is 0 Å². The molecule has 2 N–H and O–H groups in total. The molecule has 0 fully saturated rings. The molecule has 0 saturated carbocycles. The van der Waals surface area contributed by atoms with E-state index in [1.807, 2.05) is 13.0 Å². The number of benzene rings is 2. The molecule has 3 nitrogen and oxygen atoms in total. The van der Waals surface area contributed by atoms with Gasteiger partial charge in [-0.05, 0) is 42.8 Å². The second-order valence-corrected chi connectivity index (χ2v) is 4.64. The Morgan fingerprint density at radius 2 is 1.64 bits per heavy atom. The Hall–Kier alpha value is -2.57. The highest BCUT2D eigenvalue weighted by atomic mass is 19.4. The Bertz CT molecular complexity index is 698. The van der Waals surface area contributed by atoms with E-state index in [0.29, 0.717) is 17.8 Å². The molecule has 0 aliphatic rings. The van der Waals surface area contributed by atoms with Crippen molar-refractivity contribution >= 4 is 17.4 Å². The van der Waals surface area contributed by atoms with Crippen molar-refractivity contribution in [1.82, 2.24) is 0 Å². The molecule has 2 rings (SSSR count). The lowest BCUT2D eigenvalue weighted by atomic mass is 10.2. The summed E-state index contributed by atoms with van der Waals surface area (Å²) in [6.45, 7) is 1.83. The fraction of sp³-hybridized carbons (Fsp3) is 0.133. The fourth-order valence-electron chi connectivity index (χ4n) is 1.84. The first kappa shape index (κ1) is 15.8. The maximum atomic E-state index is 13.1. The lowest BCUT2D eigenvalue weighted by molar-refractivity contribution is -0.139. The van der Waals surface area contributed by atoms with Crippen LogP contribution in [-0.2, 0) is 6.18 Å². The minimum absolute atomic E-state index is 0.154. The maximum absolute atomic E-state index is 13.1. The molecule has 7 heteroatoms. The van der Waals surface area contributed by atoms with Crippen LogP contribution in [0.15, 0.2) is 42.5 Å². The van der Waals surface area contributed by atoms with Crippen molar-refractivity contribution in [3.05, 3.63) is 59.4 Å². The average molecular weight is 312 g/mol. The summed E-state index contributed by atoms with van der Waals surface area (Å²) in [5.74, 6) is -1.39. The lowest BCUT2D eigenvalue weighted by Crippen LogP contribution is -2.20. The summed E-state index contributed by atoms with van der Waals surface area (Å²) in [5, 5.41) is 4.71. The van der Waals surface area contributed by atoms with Crippen molar-refractivity contribution in [2.45, 2.75) is 13.1 Å². The Morgan fingerprint density at radius 1 is 1.00 bits per heavy atom. The summed E-state index contributed by atoms with van der Waals surface area (Å²) in [6, 6.07) is 8.44. The van der Waals surface area contributed by atoms with Gasteiger partial charge < -0.3 is 10.6 Å².